The largest absolute Gasteiger partial charge is 0.349 e. The summed E-state index contributed by atoms with van der Waals surface area (Å²) < 4.78 is 0. The van der Waals surface area contributed by atoms with Crippen molar-refractivity contribution in [3.05, 3.63) is 22.8 Å². The first kappa shape index (κ1) is 15.7. The fourth-order valence-electron chi connectivity index (χ4n) is 1.22. The summed E-state index contributed by atoms with van der Waals surface area (Å²) >= 11 is 5.96. The Bertz CT molecular complexity index is 461. The third-order valence-corrected chi connectivity index (χ3v) is 3.41. The highest BCUT2D eigenvalue weighted by atomic mass is 35.5. The fourth-order valence-corrected chi connectivity index (χ4v) is 1.41. The van der Waals surface area contributed by atoms with E-state index in [1.165, 1.54) is 0 Å². The van der Waals surface area contributed by atoms with Crippen LogP contribution in [0.15, 0.2) is 12.1 Å². The van der Waals surface area contributed by atoms with E-state index in [4.69, 9.17) is 17.4 Å². The highest BCUT2D eigenvalue weighted by Crippen LogP contribution is 2.16. The number of nitrogens with zero attached hydrogens (tertiary/aromatic N) is 2. The third-order valence-electron chi connectivity index (χ3n) is 3.10. The minimum atomic E-state index is -0.322. The Hall–Kier alpha value is -1.37. The molecule has 0 spiro atoms. The van der Waals surface area contributed by atoms with Gasteiger partial charge in [0.15, 0.2) is 0 Å². The Labute approximate surface area is 118 Å². The molecule has 0 atom stereocenters. The second-order valence-corrected chi connectivity index (χ2v) is 5.47. The molecule has 0 aliphatic rings. The molecule has 0 fully saturated rings. The van der Waals surface area contributed by atoms with Gasteiger partial charge >= 0.3 is 0 Å². The first-order valence-corrected chi connectivity index (χ1v) is 6.24. The van der Waals surface area contributed by atoms with Crippen LogP contribution in [0.5, 0.6) is 0 Å². The van der Waals surface area contributed by atoms with Gasteiger partial charge in [-0.15, -0.1) is 0 Å². The first-order valence-electron chi connectivity index (χ1n) is 5.86. The van der Waals surface area contributed by atoms with E-state index in [0.717, 1.165) is 0 Å². The van der Waals surface area contributed by atoms with Crippen molar-refractivity contribution in [1.82, 2.24) is 15.2 Å². The molecule has 19 heavy (non-hydrogen) atoms. The lowest BCUT2D eigenvalue weighted by atomic mass is 10.0. The van der Waals surface area contributed by atoms with E-state index < -0.39 is 0 Å². The van der Waals surface area contributed by atoms with Crippen LogP contribution >= 0.6 is 11.6 Å². The maximum atomic E-state index is 12.1. The zero-order valence-corrected chi connectivity index (χ0v) is 12.4. The van der Waals surface area contributed by atoms with Crippen LogP contribution in [0.1, 0.15) is 24.3 Å². The van der Waals surface area contributed by atoms with Gasteiger partial charge in [-0.05, 0) is 40.1 Å². The van der Waals surface area contributed by atoms with Crippen molar-refractivity contribution in [1.29, 1.82) is 0 Å². The lowest BCUT2D eigenvalue weighted by Gasteiger charge is -2.32. The van der Waals surface area contributed by atoms with E-state index in [1.54, 1.807) is 12.1 Å². The summed E-state index contributed by atoms with van der Waals surface area (Å²) in [5.41, 5.74) is 2.38. The summed E-state index contributed by atoms with van der Waals surface area (Å²) in [7, 11) is 3.91. The van der Waals surface area contributed by atoms with Crippen molar-refractivity contribution in [2.45, 2.75) is 19.4 Å². The lowest BCUT2D eigenvalue weighted by Crippen LogP contribution is -2.48. The maximum absolute atomic E-state index is 12.1. The van der Waals surface area contributed by atoms with E-state index in [0.29, 0.717) is 17.4 Å². The maximum Gasteiger partial charge on any atom is 0.271 e. The van der Waals surface area contributed by atoms with Crippen LogP contribution in [-0.4, -0.2) is 42.0 Å². The molecular formula is C12H20ClN5O. The molecule has 0 aromatic carbocycles. The molecule has 0 aliphatic carbocycles. The van der Waals surface area contributed by atoms with Gasteiger partial charge in [-0.1, -0.05) is 11.6 Å². The number of amides is 1. The second kappa shape index (κ2) is 6.18. The van der Waals surface area contributed by atoms with Crippen molar-refractivity contribution < 1.29 is 4.79 Å². The number of carbonyl (C=O) groups excluding carboxylic acids is 1. The van der Waals surface area contributed by atoms with Gasteiger partial charge in [0.25, 0.3) is 5.91 Å². The molecule has 106 valence electrons. The van der Waals surface area contributed by atoms with Gasteiger partial charge < -0.3 is 15.6 Å². The van der Waals surface area contributed by atoms with Crippen LogP contribution in [0.4, 0.5) is 5.82 Å². The molecule has 0 aliphatic heterocycles. The van der Waals surface area contributed by atoms with Crippen molar-refractivity contribution in [3.8, 4) is 0 Å². The number of carbonyl (C=O) groups is 1. The Balaban J connectivity index is 2.79. The van der Waals surface area contributed by atoms with Crippen LogP contribution < -0.4 is 16.6 Å². The van der Waals surface area contributed by atoms with Crippen LogP contribution in [0.2, 0.25) is 5.02 Å². The molecule has 1 amide bonds. The molecule has 1 heterocycles. The van der Waals surface area contributed by atoms with Gasteiger partial charge in [0.2, 0.25) is 0 Å². The smallest absolute Gasteiger partial charge is 0.271 e. The highest BCUT2D eigenvalue weighted by molar-refractivity contribution is 6.33. The molecule has 0 saturated carbocycles. The first-order chi connectivity index (χ1) is 8.77. The van der Waals surface area contributed by atoms with Gasteiger partial charge in [-0.2, -0.15) is 0 Å². The lowest BCUT2D eigenvalue weighted by molar-refractivity contribution is 0.0915. The molecule has 0 unspecified atom stereocenters. The van der Waals surface area contributed by atoms with Crippen LogP contribution in [-0.2, 0) is 0 Å². The molecule has 0 radical (unpaired) electrons. The zero-order valence-electron chi connectivity index (χ0n) is 11.6. The van der Waals surface area contributed by atoms with Crippen LogP contribution in [0.3, 0.4) is 0 Å². The topological polar surface area (TPSA) is 83.3 Å². The van der Waals surface area contributed by atoms with Crippen molar-refractivity contribution >= 4 is 23.3 Å². The van der Waals surface area contributed by atoms with E-state index >= 15 is 0 Å². The molecular weight excluding hydrogens is 266 g/mol. The Morgan fingerprint density at radius 2 is 2.11 bits per heavy atom. The van der Waals surface area contributed by atoms with E-state index in [-0.39, 0.29) is 17.1 Å². The van der Waals surface area contributed by atoms with Crippen molar-refractivity contribution in [2.24, 2.45) is 5.84 Å². The average molecular weight is 286 g/mol. The Morgan fingerprint density at radius 1 is 1.47 bits per heavy atom. The van der Waals surface area contributed by atoms with E-state index in [9.17, 15) is 4.79 Å². The third kappa shape index (κ3) is 4.05. The molecule has 1 aromatic rings. The van der Waals surface area contributed by atoms with Crippen molar-refractivity contribution in [3.63, 3.8) is 0 Å². The molecule has 1 rings (SSSR count). The minimum Gasteiger partial charge on any atom is -0.349 e. The number of hydrogen-bond donors (Lipinski definition) is 3. The summed E-state index contributed by atoms with van der Waals surface area (Å²) in [6, 6.07) is 3.18. The number of nitrogens with one attached hydrogen (secondary N) is 2. The van der Waals surface area contributed by atoms with Gasteiger partial charge in [0.1, 0.15) is 11.5 Å². The number of nitrogen functional groups attached to an aromatic ring is 1. The number of rotatable bonds is 5. The Morgan fingerprint density at radius 3 is 2.63 bits per heavy atom. The van der Waals surface area contributed by atoms with Crippen LogP contribution in [0.25, 0.3) is 0 Å². The summed E-state index contributed by atoms with van der Waals surface area (Å²) in [5, 5.41) is 3.11. The predicted octanol–water partition coefficient (Wildman–Crippen LogP) is 1.09. The standard InChI is InChI=1S/C12H20ClN5O/c1-12(2,18(3)4)7-15-11(19)10-8(13)5-6-9(16-10)17-14/h5-6H,7,14H2,1-4H3,(H,15,19)(H,16,17). The quantitative estimate of drug-likeness (QED) is 0.557. The van der Waals surface area contributed by atoms with Crippen LogP contribution in [0, 0.1) is 0 Å². The second-order valence-electron chi connectivity index (χ2n) is 5.06. The van der Waals surface area contributed by atoms with E-state index in [2.05, 4.69) is 15.7 Å². The normalized spacial score (nSPS) is 11.5. The number of halogens is 1. The number of likely N-dealkylation sites (N-methyl/N-ethyl adjacent to an activating group) is 1. The van der Waals surface area contributed by atoms with E-state index in [1.807, 2.05) is 32.8 Å². The fraction of sp³-hybridized carbons (Fsp3) is 0.500. The highest BCUT2D eigenvalue weighted by Gasteiger charge is 2.22. The molecule has 4 N–H and O–H groups in total. The summed E-state index contributed by atoms with van der Waals surface area (Å²) in [4.78, 5) is 18.1. The van der Waals surface area contributed by atoms with Crippen molar-refractivity contribution in [2.75, 3.05) is 26.1 Å². The predicted molar refractivity (Wildman–Crippen MR) is 77.2 cm³/mol. The molecule has 0 saturated heterocycles. The molecule has 6 nitrogen and oxygen atoms in total. The summed E-state index contributed by atoms with van der Waals surface area (Å²) in [6.45, 7) is 4.54. The molecule has 7 heteroatoms. The summed E-state index contributed by atoms with van der Waals surface area (Å²) in [5.74, 6) is 5.33. The van der Waals surface area contributed by atoms with Gasteiger partial charge in [-0.25, -0.2) is 10.8 Å². The number of nitrogens with two attached hydrogens (primary N) is 1. The SMILES string of the molecule is CN(C)C(C)(C)CNC(=O)c1nc(NN)ccc1Cl. The number of hydrazine groups is 1. The average Bonchev–Trinajstić information content (AvgIpc) is 2.36. The van der Waals surface area contributed by atoms with Gasteiger partial charge in [0, 0.05) is 12.1 Å². The number of pyridine rings is 1. The zero-order chi connectivity index (χ0) is 14.6. The monoisotopic (exact) mass is 285 g/mol. The minimum absolute atomic E-state index is 0.159. The number of aromatic nitrogens is 1. The summed E-state index contributed by atoms with van der Waals surface area (Å²) in [6.07, 6.45) is 0. The number of hydrogen-bond acceptors (Lipinski definition) is 5. The van der Waals surface area contributed by atoms with Gasteiger partial charge in [0.05, 0.1) is 5.02 Å². The molecule has 1 aromatic heterocycles. The number of anilines is 1. The van der Waals surface area contributed by atoms with Gasteiger partial charge in [-0.3, -0.25) is 4.79 Å². The Kier molecular flexibility index (Phi) is 5.11. The molecule has 0 bridgehead atoms.